The molecule has 35 heavy (non-hydrogen) atoms. The average Bonchev–Trinajstić information content (AvgIpc) is 2.82. The highest BCUT2D eigenvalue weighted by atomic mass is 32.2. The number of rotatable bonds is 13. The van der Waals surface area contributed by atoms with E-state index in [0.717, 1.165) is 17.4 Å². The summed E-state index contributed by atoms with van der Waals surface area (Å²) in [6.45, 7) is 6.62. The van der Waals surface area contributed by atoms with Crippen molar-refractivity contribution in [3.8, 4) is 5.75 Å². The van der Waals surface area contributed by atoms with Crippen molar-refractivity contribution in [2.75, 3.05) is 30.8 Å². The number of sulfonamides is 1. The lowest BCUT2D eigenvalue weighted by Gasteiger charge is -2.31. The minimum atomic E-state index is -3.57. The molecule has 9 heteroatoms. The maximum absolute atomic E-state index is 13.4. The Balaban J connectivity index is 2.22. The van der Waals surface area contributed by atoms with E-state index in [2.05, 4.69) is 5.32 Å². The van der Waals surface area contributed by atoms with Gasteiger partial charge in [-0.1, -0.05) is 37.3 Å². The first-order chi connectivity index (χ1) is 16.6. The average molecular weight is 504 g/mol. The largest absolute Gasteiger partial charge is 0.497 e. The van der Waals surface area contributed by atoms with Gasteiger partial charge in [0.05, 0.1) is 19.1 Å². The molecule has 0 aromatic heterocycles. The van der Waals surface area contributed by atoms with Crippen LogP contribution >= 0.6 is 0 Å². The molecule has 0 radical (unpaired) electrons. The molecule has 2 aromatic carbocycles. The van der Waals surface area contributed by atoms with Gasteiger partial charge in [-0.05, 0) is 49.9 Å². The number of nitrogens with zero attached hydrogens (tertiary/aromatic N) is 2. The van der Waals surface area contributed by atoms with Gasteiger partial charge in [-0.15, -0.1) is 0 Å². The third-order valence-electron chi connectivity index (χ3n) is 5.83. The van der Waals surface area contributed by atoms with Gasteiger partial charge in [0.25, 0.3) is 0 Å². The molecule has 2 amide bonds. The topological polar surface area (TPSA) is 96.0 Å². The lowest BCUT2D eigenvalue weighted by Crippen LogP contribution is -2.49. The number of nitrogens with one attached hydrogen (secondary N) is 1. The molecule has 0 unspecified atom stereocenters. The summed E-state index contributed by atoms with van der Waals surface area (Å²) in [7, 11) is -2.05. The third-order valence-corrected chi connectivity index (χ3v) is 7.03. The van der Waals surface area contributed by atoms with Crippen molar-refractivity contribution in [3.63, 3.8) is 0 Å². The molecule has 0 aliphatic carbocycles. The van der Waals surface area contributed by atoms with E-state index in [9.17, 15) is 18.0 Å². The van der Waals surface area contributed by atoms with Crippen molar-refractivity contribution >= 4 is 27.5 Å². The van der Waals surface area contributed by atoms with Gasteiger partial charge in [0.15, 0.2) is 0 Å². The first-order valence-electron chi connectivity index (χ1n) is 11.9. The van der Waals surface area contributed by atoms with Crippen LogP contribution in [0.1, 0.15) is 44.2 Å². The summed E-state index contributed by atoms with van der Waals surface area (Å²) in [6, 6.07) is 14.0. The van der Waals surface area contributed by atoms with Crippen LogP contribution in [0.2, 0.25) is 0 Å². The van der Waals surface area contributed by atoms with E-state index >= 15 is 0 Å². The standard InChI is InChI=1S/C26H37N3O5S/c1-6-24(26(31)27-7-2)28(19-21-13-9-8-12-20(21)3)25(30)16-11-17-29(35(5,32)33)22-14-10-15-23(18-22)34-4/h8-10,12-15,18,24H,6-7,11,16-17,19H2,1-5H3,(H,27,31)/t24-/m0/s1. The molecule has 0 saturated carbocycles. The highest BCUT2D eigenvalue weighted by Gasteiger charge is 2.29. The Morgan fingerprint density at radius 2 is 1.80 bits per heavy atom. The number of aryl methyl sites for hydroxylation is 1. The highest BCUT2D eigenvalue weighted by Crippen LogP contribution is 2.24. The second-order valence-corrected chi connectivity index (χ2v) is 10.3. The van der Waals surface area contributed by atoms with Crippen LogP contribution in [0.25, 0.3) is 0 Å². The van der Waals surface area contributed by atoms with E-state index in [4.69, 9.17) is 4.74 Å². The first-order valence-corrected chi connectivity index (χ1v) is 13.7. The van der Waals surface area contributed by atoms with Gasteiger partial charge >= 0.3 is 0 Å². The number of hydrogen-bond acceptors (Lipinski definition) is 5. The van der Waals surface area contributed by atoms with Crippen LogP contribution in [0.3, 0.4) is 0 Å². The van der Waals surface area contributed by atoms with Gasteiger partial charge in [0.1, 0.15) is 11.8 Å². The quantitative estimate of drug-likeness (QED) is 0.451. The molecule has 1 N–H and O–H groups in total. The molecular weight excluding hydrogens is 466 g/mol. The van der Waals surface area contributed by atoms with E-state index in [1.165, 1.54) is 11.4 Å². The summed E-state index contributed by atoms with van der Waals surface area (Å²) in [6.07, 6.45) is 2.03. The van der Waals surface area contributed by atoms with Crippen LogP contribution in [0.5, 0.6) is 5.75 Å². The van der Waals surface area contributed by atoms with Crippen LogP contribution in [-0.2, 0) is 26.2 Å². The van der Waals surface area contributed by atoms with Gasteiger partial charge in [-0.25, -0.2) is 8.42 Å². The Morgan fingerprint density at radius 1 is 1.09 bits per heavy atom. The van der Waals surface area contributed by atoms with E-state index in [1.807, 2.05) is 45.0 Å². The van der Waals surface area contributed by atoms with Crippen molar-refractivity contribution in [2.45, 2.75) is 52.6 Å². The van der Waals surface area contributed by atoms with Gasteiger partial charge in [0, 0.05) is 32.1 Å². The molecule has 0 fully saturated rings. The number of hydrogen-bond donors (Lipinski definition) is 1. The SMILES string of the molecule is CCNC(=O)[C@H](CC)N(Cc1ccccc1C)C(=O)CCCN(c1cccc(OC)c1)S(C)(=O)=O. The molecule has 0 spiro atoms. The second-order valence-electron chi connectivity index (χ2n) is 8.41. The van der Waals surface area contributed by atoms with E-state index in [0.29, 0.717) is 37.4 Å². The molecule has 8 nitrogen and oxygen atoms in total. The molecule has 2 aromatic rings. The van der Waals surface area contributed by atoms with Gasteiger partial charge in [-0.3, -0.25) is 13.9 Å². The summed E-state index contributed by atoms with van der Waals surface area (Å²) in [4.78, 5) is 27.8. The van der Waals surface area contributed by atoms with Gasteiger partial charge < -0.3 is 15.0 Å². The summed E-state index contributed by atoms with van der Waals surface area (Å²) < 4.78 is 31.4. The maximum Gasteiger partial charge on any atom is 0.242 e. The minimum absolute atomic E-state index is 0.109. The zero-order valence-electron chi connectivity index (χ0n) is 21.3. The Hall–Kier alpha value is -3.07. The molecule has 0 aliphatic rings. The number of carbonyl (C=O) groups is 2. The van der Waals surface area contributed by atoms with Crippen molar-refractivity contribution in [3.05, 3.63) is 59.7 Å². The van der Waals surface area contributed by atoms with Crippen molar-refractivity contribution in [2.24, 2.45) is 0 Å². The smallest absolute Gasteiger partial charge is 0.242 e. The number of likely N-dealkylation sites (N-methyl/N-ethyl adjacent to an activating group) is 1. The molecule has 0 saturated heterocycles. The highest BCUT2D eigenvalue weighted by molar-refractivity contribution is 7.92. The van der Waals surface area contributed by atoms with Crippen LogP contribution < -0.4 is 14.4 Å². The predicted octanol–water partition coefficient (Wildman–Crippen LogP) is 3.49. The van der Waals surface area contributed by atoms with Gasteiger partial charge in [0.2, 0.25) is 21.8 Å². The Morgan fingerprint density at radius 3 is 2.40 bits per heavy atom. The lowest BCUT2D eigenvalue weighted by molar-refractivity contribution is -0.141. The van der Waals surface area contributed by atoms with E-state index in [1.54, 1.807) is 29.2 Å². The van der Waals surface area contributed by atoms with Crippen LogP contribution in [-0.4, -0.2) is 57.6 Å². The molecule has 0 aliphatic heterocycles. The fourth-order valence-corrected chi connectivity index (χ4v) is 4.91. The van der Waals surface area contributed by atoms with Crippen molar-refractivity contribution in [1.29, 1.82) is 0 Å². The minimum Gasteiger partial charge on any atom is -0.497 e. The third kappa shape index (κ3) is 7.99. The summed E-state index contributed by atoms with van der Waals surface area (Å²) in [5.74, 6) is 0.167. The number of amides is 2. The predicted molar refractivity (Wildman–Crippen MR) is 139 cm³/mol. The maximum atomic E-state index is 13.4. The normalized spacial score (nSPS) is 12.0. The first kappa shape index (κ1) is 28.2. The molecule has 1 atom stereocenters. The Labute approximate surface area is 209 Å². The number of anilines is 1. The number of methoxy groups -OCH3 is 1. The van der Waals surface area contributed by atoms with Gasteiger partial charge in [-0.2, -0.15) is 0 Å². The van der Waals surface area contributed by atoms with Crippen molar-refractivity contribution in [1.82, 2.24) is 10.2 Å². The van der Waals surface area contributed by atoms with E-state index in [-0.39, 0.29) is 24.8 Å². The number of carbonyl (C=O) groups excluding carboxylic acids is 2. The molecule has 0 bridgehead atoms. The Kier molecular flexibility index (Phi) is 10.6. The monoisotopic (exact) mass is 503 g/mol. The van der Waals surface area contributed by atoms with Crippen LogP contribution in [0.4, 0.5) is 5.69 Å². The second kappa shape index (κ2) is 13.1. The molecule has 0 heterocycles. The zero-order chi connectivity index (χ0) is 26.0. The summed E-state index contributed by atoms with van der Waals surface area (Å²) >= 11 is 0. The van der Waals surface area contributed by atoms with Crippen LogP contribution in [0.15, 0.2) is 48.5 Å². The van der Waals surface area contributed by atoms with Crippen LogP contribution in [0, 0.1) is 6.92 Å². The molecular formula is C26H37N3O5S. The zero-order valence-corrected chi connectivity index (χ0v) is 22.1. The lowest BCUT2D eigenvalue weighted by atomic mass is 10.1. The van der Waals surface area contributed by atoms with E-state index < -0.39 is 16.1 Å². The fraction of sp³-hybridized carbons (Fsp3) is 0.462. The number of benzene rings is 2. The summed E-state index contributed by atoms with van der Waals surface area (Å²) in [5.41, 5.74) is 2.49. The Bertz CT molecular complexity index is 1100. The molecule has 192 valence electrons. The fourth-order valence-electron chi connectivity index (χ4n) is 3.95. The molecule has 2 rings (SSSR count). The van der Waals surface area contributed by atoms with Crippen molar-refractivity contribution < 1.29 is 22.7 Å². The number of ether oxygens (including phenoxy) is 1. The summed E-state index contributed by atoms with van der Waals surface area (Å²) in [5, 5.41) is 2.83.